The van der Waals surface area contributed by atoms with Gasteiger partial charge < -0.3 is 0 Å². The maximum absolute atomic E-state index is 6.74. The van der Waals surface area contributed by atoms with E-state index >= 15 is 0 Å². The van der Waals surface area contributed by atoms with Gasteiger partial charge in [0.1, 0.15) is 5.65 Å². The van der Waals surface area contributed by atoms with Gasteiger partial charge in [-0.1, -0.05) is 188 Å². The van der Waals surface area contributed by atoms with Crippen LogP contribution >= 0.6 is 6.04 Å². The second kappa shape index (κ2) is 13.3. The summed E-state index contributed by atoms with van der Waals surface area (Å²) in [4.78, 5) is 5.24. The molecule has 10 aromatic carbocycles. The van der Waals surface area contributed by atoms with Crippen LogP contribution in [0, 0.1) is 0 Å². The van der Waals surface area contributed by atoms with Crippen molar-refractivity contribution in [1.82, 2.24) is 9.38 Å². The first kappa shape index (κ1) is 34.2. The Morgan fingerprint density at radius 2 is 0.932 bits per heavy atom. The van der Waals surface area contributed by atoms with Crippen LogP contribution in [0.15, 0.2) is 212 Å². The minimum absolute atomic E-state index is 0.999. The number of rotatable bonds is 5. The van der Waals surface area contributed by atoms with Gasteiger partial charge in [0.15, 0.2) is 0 Å². The molecule has 12 rings (SSSR count). The predicted molar refractivity (Wildman–Crippen MR) is 257 cm³/mol. The van der Waals surface area contributed by atoms with Crippen molar-refractivity contribution >= 4 is 104 Å². The summed E-state index contributed by atoms with van der Waals surface area (Å²) in [6.45, 7) is 0. The molecule has 2 aromatic heterocycles. The van der Waals surface area contributed by atoms with Crippen LogP contribution in [0.4, 0.5) is 0 Å². The maximum Gasteiger partial charge on any atom is 0.147 e. The molecule has 2 heterocycles. The van der Waals surface area contributed by atoms with Crippen molar-refractivity contribution in [2.45, 2.75) is 0 Å². The predicted octanol–water partition coefficient (Wildman–Crippen LogP) is 13.3. The van der Waals surface area contributed by atoms with Crippen molar-refractivity contribution in [2.24, 2.45) is 0 Å². The molecule has 2 nitrogen and oxygen atoms in total. The first-order chi connectivity index (χ1) is 29.1. The van der Waals surface area contributed by atoms with Gasteiger partial charge in [0.05, 0.1) is 16.6 Å². The monoisotopic (exact) mass is 786 g/mol. The van der Waals surface area contributed by atoms with E-state index in [1.807, 2.05) is 0 Å². The van der Waals surface area contributed by atoms with Crippen molar-refractivity contribution in [3.63, 3.8) is 0 Å². The lowest BCUT2D eigenvalue weighted by atomic mass is 9.95. The molecule has 0 aliphatic heterocycles. The molecule has 0 saturated carbocycles. The molecule has 0 fully saturated rings. The third-order valence-electron chi connectivity index (χ3n) is 12.2. The maximum atomic E-state index is 6.74. The summed E-state index contributed by atoms with van der Waals surface area (Å²) in [6.07, 6.45) is 0. The number of pyridine rings is 1. The normalized spacial score (nSPS) is 12.9. The molecule has 0 aliphatic rings. The molecule has 0 spiro atoms. The Morgan fingerprint density at radius 3 is 1.75 bits per heavy atom. The summed E-state index contributed by atoms with van der Waals surface area (Å²) >= 11 is 6.74. The standard InChI is InChI=1S/C55H35N2PS/c59-58(45-13-2-1-3-14-45,47-30-26-36-10-4-5-12-41(36)33-47)46-28-24-38(25-29-46)37-18-20-39(21-19-37)42-22-23-43-34-50-49-31-27-40-11-6-7-15-48(40)54(49)55-56-51-16-8-9-17-52(51)57(55)53(50)35-44(43)32-42/h1-35H. The number of nitrogens with zero attached hydrogens (tertiary/aromatic N) is 2. The highest BCUT2D eigenvalue weighted by molar-refractivity contribution is 8.25. The highest BCUT2D eigenvalue weighted by atomic mass is 32.4. The van der Waals surface area contributed by atoms with Crippen molar-refractivity contribution < 1.29 is 0 Å². The molecule has 59 heavy (non-hydrogen) atoms. The Morgan fingerprint density at radius 1 is 0.356 bits per heavy atom. The van der Waals surface area contributed by atoms with Gasteiger partial charge >= 0.3 is 0 Å². The Labute approximate surface area is 346 Å². The highest BCUT2D eigenvalue weighted by Crippen LogP contribution is 2.44. The summed E-state index contributed by atoms with van der Waals surface area (Å²) < 4.78 is 2.37. The average Bonchev–Trinajstić information content (AvgIpc) is 3.70. The third kappa shape index (κ3) is 5.40. The van der Waals surface area contributed by atoms with Crippen LogP contribution in [0.3, 0.4) is 0 Å². The van der Waals surface area contributed by atoms with Gasteiger partial charge in [0, 0.05) is 16.8 Å². The molecule has 0 aliphatic carbocycles. The van der Waals surface area contributed by atoms with E-state index < -0.39 is 6.04 Å². The summed E-state index contributed by atoms with van der Waals surface area (Å²) in [5.74, 6) is 0. The third-order valence-corrected chi connectivity index (χ3v) is 17.2. The number of fused-ring (bicyclic) bond motifs is 12. The summed E-state index contributed by atoms with van der Waals surface area (Å²) in [6, 6.07) is 74.9. The first-order valence-corrected chi connectivity index (χ1v) is 22.9. The lowest BCUT2D eigenvalue weighted by Gasteiger charge is -2.25. The number of para-hydroxylation sites is 2. The van der Waals surface area contributed by atoms with Crippen LogP contribution in [-0.4, -0.2) is 9.38 Å². The zero-order valence-electron chi connectivity index (χ0n) is 32.0. The molecule has 276 valence electrons. The van der Waals surface area contributed by atoms with Crippen LogP contribution < -0.4 is 15.9 Å². The SMILES string of the molecule is S=P(c1ccccc1)(c1ccc(-c2ccc(-c3ccc4cc5c6ccc7ccccc7c6c6nc7ccccc7n6c5cc4c3)cc2)cc1)c1ccc2ccccc2c1. The number of benzene rings is 10. The Bertz CT molecular complexity index is 3680. The topological polar surface area (TPSA) is 17.3 Å². The van der Waals surface area contributed by atoms with Gasteiger partial charge in [0.25, 0.3) is 0 Å². The molecule has 0 N–H and O–H groups in total. The summed E-state index contributed by atoms with van der Waals surface area (Å²) in [5, 5.41) is 14.6. The Balaban J connectivity index is 0.924. The van der Waals surface area contributed by atoms with E-state index in [9.17, 15) is 0 Å². The Kier molecular flexibility index (Phi) is 7.72. The van der Waals surface area contributed by atoms with Crippen molar-refractivity contribution in [2.75, 3.05) is 0 Å². The van der Waals surface area contributed by atoms with E-state index in [0.29, 0.717) is 0 Å². The molecule has 0 radical (unpaired) electrons. The van der Waals surface area contributed by atoms with Crippen LogP contribution in [0.25, 0.3) is 92.9 Å². The molecule has 1 unspecified atom stereocenters. The van der Waals surface area contributed by atoms with Crippen LogP contribution in [0.1, 0.15) is 0 Å². The van der Waals surface area contributed by atoms with Crippen LogP contribution in [0.2, 0.25) is 0 Å². The Hall–Kier alpha value is -6.90. The number of hydrogen-bond donors (Lipinski definition) is 0. The molecular weight excluding hydrogens is 752 g/mol. The van der Waals surface area contributed by atoms with Gasteiger partial charge in [-0.25, -0.2) is 4.98 Å². The number of aromatic nitrogens is 2. The molecular formula is C55H35N2PS. The van der Waals surface area contributed by atoms with E-state index in [1.165, 1.54) is 92.2 Å². The summed E-state index contributed by atoms with van der Waals surface area (Å²) in [7, 11) is 0. The minimum atomic E-state index is -2.29. The lowest BCUT2D eigenvalue weighted by molar-refractivity contribution is 1.32. The highest BCUT2D eigenvalue weighted by Gasteiger charge is 2.25. The van der Waals surface area contributed by atoms with Crippen molar-refractivity contribution in [3.05, 3.63) is 212 Å². The zero-order chi connectivity index (χ0) is 39.1. The fourth-order valence-electron chi connectivity index (χ4n) is 9.22. The quantitative estimate of drug-likeness (QED) is 0.0982. The van der Waals surface area contributed by atoms with Gasteiger partial charge in [-0.05, 0) is 112 Å². The molecule has 4 heteroatoms. The van der Waals surface area contributed by atoms with E-state index in [4.69, 9.17) is 16.8 Å². The van der Waals surface area contributed by atoms with Gasteiger partial charge in [0.2, 0.25) is 0 Å². The zero-order valence-corrected chi connectivity index (χ0v) is 33.7. The molecule has 0 amide bonds. The van der Waals surface area contributed by atoms with E-state index in [-0.39, 0.29) is 0 Å². The van der Waals surface area contributed by atoms with Gasteiger partial charge in [-0.15, -0.1) is 0 Å². The fraction of sp³-hybridized carbons (Fsp3) is 0. The molecule has 0 bridgehead atoms. The molecule has 12 aromatic rings. The second-order valence-corrected chi connectivity index (χ2v) is 19.9. The lowest BCUT2D eigenvalue weighted by Crippen LogP contribution is -2.24. The van der Waals surface area contributed by atoms with Crippen molar-refractivity contribution in [3.8, 4) is 22.3 Å². The average molecular weight is 787 g/mol. The van der Waals surface area contributed by atoms with Crippen LogP contribution in [0.5, 0.6) is 0 Å². The second-order valence-electron chi connectivity index (χ2n) is 15.5. The summed E-state index contributed by atoms with van der Waals surface area (Å²) in [5.41, 5.74) is 9.02. The van der Waals surface area contributed by atoms with E-state index in [1.54, 1.807) is 0 Å². The largest absolute Gasteiger partial charge is 0.292 e. The van der Waals surface area contributed by atoms with Gasteiger partial charge in [-0.3, -0.25) is 4.40 Å². The van der Waals surface area contributed by atoms with E-state index in [0.717, 1.165) is 16.7 Å². The first-order valence-electron chi connectivity index (χ1n) is 20.0. The van der Waals surface area contributed by atoms with Crippen LogP contribution in [-0.2, 0) is 11.8 Å². The number of hydrogen-bond acceptors (Lipinski definition) is 2. The molecule has 1 atom stereocenters. The van der Waals surface area contributed by atoms with E-state index in [2.05, 4.69) is 217 Å². The van der Waals surface area contributed by atoms with Gasteiger partial charge in [-0.2, -0.15) is 0 Å². The fourth-order valence-corrected chi connectivity index (χ4v) is 12.9. The minimum Gasteiger partial charge on any atom is -0.292 e. The molecule has 0 saturated heterocycles. The smallest absolute Gasteiger partial charge is 0.147 e. The van der Waals surface area contributed by atoms with Crippen molar-refractivity contribution in [1.29, 1.82) is 0 Å². The number of imidazole rings is 1.